The van der Waals surface area contributed by atoms with Crippen molar-refractivity contribution in [3.8, 4) is 11.6 Å². The molecule has 1 atom stereocenters. The minimum atomic E-state index is -0.313. The van der Waals surface area contributed by atoms with Crippen molar-refractivity contribution in [1.82, 2.24) is 9.88 Å². The number of nitrogens with zero attached hydrogens (tertiary/aromatic N) is 1. The highest BCUT2D eigenvalue weighted by atomic mass is 35.5. The number of nitrogens with one attached hydrogen (secondary N) is 1. The van der Waals surface area contributed by atoms with Crippen molar-refractivity contribution in [2.75, 3.05) is 14.2 Å². The predicted molar refractivity (Wildman–Crippen MR) is 106 cm³/mol. The van der Waals surface area contributed by atoms with E-state index in [1.165, 1.54) is 14.2 Å². The number of rotatable bonds is 7. The molecule has 1 heterocycles. The van der Waals surface area contributed by atoms with Gasteiger partial charge < -0.3 is 14.5 Å². The van der Waals surface area contributed by atoms with Crippen molar-refractivity contribution in [3.63, 3.8) is 0 Å². The first kappa shape index (κ1) is 20.3. The highest BCUT2D eigenvalue weighted by molar-refractivity contribution is 6.30. The third-order valence-corrected chi connectivity index (χ3v) is 4.70. The van der Waals surface area contributed by atoms with Crippen molar-refractivity contribution in [2.45, 2.75) is 45.8 Å². The van der Waals surface area contributed by atoms with E-state index in [9.17, 15) is 4.79 Å². The van der Waals surface area contributed by atoms with Crippen LogP contribution in [0.4, 0.5) is 0 Å². The third kappa shape index (κ3) is 3.89. The number of pyridine rings is 1. The maximum Gasteiger partial charge on any atom is 0.239 e. The van der Waals surface area contributed by atoms with Crippen LogP contribution in [0.3, 0.4) is 0 Å². The Hall–Kier alpha value is -1.98. The van der Waals surface area contributed by atoms with E-state index in [0.29, 0.717) is 5.56 Å². The first-order valence-electron chi connectivity index (χ1n) is 8.69. The molecule has 1 unspecified atom stereocenters. The number of methoxy groups -OCH3 is 2. The predicted octanol–water partition coefficient (Wildman–Crippen LogP) is 4.25. The van der Waals surface area contributed by atoms with Gasteiger partial charge in [-0.25, -0.2) is 0 Å². The fraction of sp³-hybridized carbons (Fsp3) is 0.450. The zero-order chi connectivity index (χ0) is 19.4. The van der Waals surface area contributed by atoms with Gasteiger partial charge >= 0.3 is 0 Å². The molecule has 0 aliphatic carbocycles. The Labute approximate surface area is 159 Å². The number of aromatic amines is 1. The number of hydrogen-bond donors (Lipinski definition) is 1. The third-order valence-electron chi connectivity index (χ3n) is 4.40. The second-order valence-electron chi connectivity index (χ2n) is 6.70. The van der Waals surface area contributed by atoms with Gasteiger partial charge in [0.1, 0.15) is 5.15 Å². The molecule has 6 heteroatoms. The molecule has 0 saturated heterocycles. The fourth-order valence-corrected chi connectivity index (χ4v) is 3.71. The molecule has 0 radical (unpaired) electrons. The van der Waals surface area contributed by atoms with Crippen LogP contribution in [-0.2, 0) is 0 Å². The number of halogens is 1. The molecular weight excluding hydrogens is 352 g/mol. The van der Waals surface area contributed by atoms with E-state index in [1.54, 1.807) is 0 Å². The largest absolute Gasteiger partial charge is 0.488 e. The molecule has 1 aromatic carbocycles. The Balaban J connectivity index is 2.81. The van der Waals surface area contributed by atoms with Gasteiger partial charge in [0, 0.05) is 12.1 Å². The molecule has 1 N–H and O–H groups in total. The summed E-state index contributed by atoms with van der Waals surface area (Å²) in [7, 11) is 2.91. The average molecular weight is 379 g/mol. The SMILES string of the molecule is COc1[nH]c(Cl)c(C(c2ccccc2)N(C(C)C)C(C)C)c(=O)c1OC. The molecule has 0 aliphatic rings. The topological polar surface area (TPSA) is 54.6 Å². The monoisotopic (exact) mass is 378 g/mol. The molecule has 1 aromatic heterocycles. The number of H-pyrrole nitrogens is 1. The maximum atomic E-state index is 13.2. The summed E-state index contributed by atoms with van der Waals surface area (Å²) in [4.78, 5) is 18.5. The Morgan fingerprint density at radius 3 is 2.04 bits per heavy atom. The lowest BCUT2D eigenvalue weighted by molar-refractivity contribution is 0.133. The number of benzene rings is 1. The van der Waals surface area contributed by atoms with Crippen LogP contribution in [0, 0.1) is 0 Å². The summed E-state index contributed by atoms with van der Waals surface area (Å²) in [5.41, 5.74) is 1.18. The fourth-order valence-electron chi connectivity index (χ4n) is 3.44. The van der Waals surface area contributed by atoms with E-state index in [-0.39, 0.29) is 40.3 Å². The summed E-state index contributed by atoms with van der Waals surface area (Å²) in [6, 6.07) is 9.98. The van der Waals surface area contributed by atoms with Gasteiger partial charge in [-0.1, -0.05) is 41.9 Å². The quantitative estimate of drug-likeness (QED) is 0.731. The van der Waals surface area contributed by atoms with Crippen LogP contribution >= 0.6 is 11.6 Å². The highest BCUT2D eigenvalue weighted by Crippen LogP contribution is 2.36. The van der Waals surface area contributed by atoms with E-state index in [1.807, 2.05) is 30.3 Å². The molecule has 142 valence electrons. The van der Waals surface area contributed by atoms with Crippen molar-refractivity contribution < 1.29 is 9.47 Å². The second-order valence-corrected chi connectivity index (χ2v) is 7.07. The zero-order valence-electron chi connectivity index (χ0n) is 16.2. The van der Waals surface area contributed by atoms with Gasteiger partial charge in [0.15, 0.2) is 0 Å². The van der Waals surface area contributed by atoms with Gasteiger partial charge in [-0.05, 0) is 33.3 Å². The Morgan fingerprint density at radius 1 is 1.00 bits per heavy atom. The van der Waals surface area contributed by atoms with Crippen LogP contribution in [-0.4, -0.2) is 36.2 Å². The summed E-state index contributed by atoms with van der Waals surface area (Å²) in [5, 5.41) is 0.257. The molecule has 0 fully saturated rings. The first-order valence-corrected chi connectivity index (χ1v) is 9.07. The average Bonchev–Trinajstić information content (AvgIpc) is 2.60. The summed E-state index contributed by atoms with van der Waals surface area (Å²) in [6.45, 7) is 8.44. The Bertz CT molecular complexity index is 780. The molecule has 26 heavy (non-hydrogen) atoms. The lowest BCUT2D eigenvalue weighted by Crippen LogP contribution is -2.42. The van der Waals surface area contributed by atoms with Crippen LogP contribution < -0.4 is 14.9 Å². The van der Waals surface area contributed by atoms with Crippen LogP contribution in [0.15, 0.2) is 35.1 Å². The van der Waals surface area contributed by atoms with E-state index in [2.05, 4.69) is 37.6 Å². The van der Waals surface area contributed by atoms with E-state index in [0.717, 1.165) is 5.56 Å². The lowest BCUT2D eigenvalue weighted by atomic mass is 9.95. The van der Waals surface area contributed by atoms with E-state index < -0.39 is 0 Å². The van der Waals surface area contributed by atoms with Gasteiger partial charge in [0.25, 0.3) is 0 Å². The van der Waals surface area contributed by atoms with Crippen molar-refractivity contribution in [1.29, 1.82) is 0 Å². The highest BCUT2D eigenvalue weighted by Gasteiger charge is 2.32. The van der Waals surface area contributed by atoms with E-state index in [4.69, 9.17) is 21.1 Å². The van der Waals surface area contributed by atoms with Crippen molar-refractivity contribution in [3.05, 3.63) is 56.8 Å². The molecule has 2 aromatic rings. The van der Waals surface area contributed by atoms with Crippen LogP contribution in [0.5, 0.6) is 11.6 Å². The van der Waals surface area contributed by atoms with Crippen LogP contribution in [0.25, 0.3) is 0 Å². The van der Waals surface area contributed by atoms with E-state index >= 15 is 0 Å². The Morgan fingerprint density at radius 2 is 1.58 bits per heavy atom. The van der Waals surface area contributed by atoms with Gasteiger partial charge in [-0.3, -0.25) is 9.69 Å². The Kier molecular flexibility index (Phi) is 6.73. The minimum Gasteiger partial charge on any atom is -0.488 e. The molecule has 0 bridgehead atoms. The van der Waals surface area contributed by atoms with Gasteiger partial charge in [0.2, 0.25) is 17.1 Å². The summed E-state index contributed by atoms with van der Waals surface area (Å²) >= 11 is 6.52. The first-order chi connectivity index (χ1) is 12.3. The minimum absolute atomic E-state index is 0.125. The molecule has 0 spiro atoms. The summed E-state index contributed by atoms with van der Waals surface area (Å²) < 4.78 is 10.5. The summed E-state index contributed by atoms with van der Waals surface area (Å²) in [6.07, 6.45) is 0. The molecule has 5 nitrogen and oxygen atoms in total. The number of ether oxygens (including phenoxy) is 2. The van der Waals surface area contributed by atoms with Crippen LogP contribution in [0.2, 0.25) is 5.15 Å². The van der Waals surface area contributed by atoms with Crippen LogP contribution in [0.1, 0.15) is 44.9 Å². The van der Waals surface area contributed by atoms with Crippen molar-refractivity contribution >= 4 is 11.6 Å². The standard InChI is InChI=1S/C20H27ClN2O3/c1-12(2)23(13(3)4)16(14-10-8-7-9-11-14)15-17(24)18(25-5)20(26-6)22-19(15)21/h7-13,16H,1-6H3,(H,22,24). The van der Waals surface area contributed by atoms with Gasteiger partial charge in [-0.15, -0.1) is 0 Å². The normalized spacial score (nSPS) is 12.7. The molecule has 2 rings (SSSR count). The molecule has 0 saturated carbocycles. The second kappa shape index (κ2) is 8.60. The zero-order valence-corrected chi connectivity index (χ0v) is 16.9. The van der Waals surface area contributed by atoms with Crippen molar-refractivity contribution in [2.24, 2.45) is 0 Å². The van der Waals surface area contributed by atoms with Gasteiger partial charge in [-0.2, -0.15) is 0 Å². The number of aromatic nitrogens is 1. The maximum absolute atomic E-state index is 13.2. The summed E-state index contributed by atoms with van der Waals surface area (Å²) in [5.74, 6) is 0.346. The molecule has 0 amide bonds. The lowest BCUT2D eigenvalue weighted by Gasteiger charge is -2.38. The number of hydrogen-bond acceptors (Lipinski definition) is 4. The molecule has 0 aliphatic heterocycles. The smallest absolute Gasteiger partial charge is 0.239 e. The molecular formula is C20H27ClN2O3. The van der Waals surface area contributed by atoms with Gasteiger partial charge in [0.05, 0.1) is 25.8 Å².